The predicted octanol–water partition coefficient (Wildman–Crippen LogP) is 3.55. The topological polar surface area (TPSA) is 112 Å². The number of methoxy groups -OCH3 is 1. The normalized spacial score (nSPS) is 10.7. The second-order valence-electron chi connectivity index (χ2n) is 5.10. The number of hydrogen-bond acceptors (Lipinski definition) is 8. The average molecular weight is 420 g/mol. The van der Waals surface area contributed by atoms with Gasteiger partial charge in [-0.3, -0.25) is 15.1 Å². The quantitative estimate of drug-likeness (QED) is 0.351. The predicted molar refractivity (Wildman–Crippen MR) is 98.6 cm³/mol. The van der Waals surface area contributed by atoms with E-state index in [1.54, 1.807) is 24.4 Å². The van der Waals surface area contributed by atoms with Gasteiger partial charge in [0, 0.05) is 29.7 Å². The molecule has 0 amide bonds. The van der Waals surface area contributed by atoms with Gasteiger partial charge in [0.25, 0.3) is 0 Å². The number of halogens is 1. The molecule has 2 heterocycles. The van der Waals surface area contributed by atoms with Crippen molar-refractivity contribution in [3.05, 3.63) is 51.4 Å². The number of aromatic nitrogens is 3. The number of nitrogens with zero attached hydrogens (tertiary/aromatic N) is 4. The van der Waals surface area contributed by atoms with Crippen molar-refractivity contribution in [1.29, 1.82) is 0 Å². The first kappa shape index (κ1) is 18.0. The Hall–Kier alpha value is -2.85. The van der Waals surface area contributed by atoms with E-state index in [9.17, 15) is 10.1 Å². The second kappa shape index (κ2) is 8.02. The lowest BCUT2D eigenvalue weighted by molar-refractivity contribution is -0.385. The molecule has 2 aromatic heterocycles. The number of benzene rings is 1. The van der Waals surface area contributed by atoms with E-state index >= 15 is 0 Å². The highest BCUT2D eigenvalue weighted by Gasteiger charge is 2.25. The molecule has 0 aliphatic rings. The van der Waals surface area contributed by atoms with Crippen LogP contribution < -0.4 is 10.1 Å². The molecular weight excluding hydrogens is 406 g/mol. The maximum atomic E-state index is 11.5. The highest BCUT2D eigenvalue weighted by atomic mass is 79.9. The van der Waals surface area contributed by atoms with Crippen molar-refractivity contribution >= 4 is 38.3 Å². The lowest BCUT2D eigenvalue weighted by Gasteiger charge is -2.10. The largest absolute Gasteiger partial charge is 0.431 e. The molecule has 134 valence electrons. The summed E-state index contributed by atoms with van der Waals surface area (Å²) in [7, 11) is 1.54. The lowest BCUT2D eigenvalue weighted by atomic mass is 10.2. The van der Waals surface area contributed by atoms with E-state index in [0.29, 0.717) is 24.4 Å². The number of nitro groups is 1. The van der Waals surface area contributed by atoms with Crippen LogP contribution in [0.3, 0.4) is 0 Å². The van der Waals surface area contributed by atoms with Crippen molar-refractivity contribution in [2.45, 2.75) is 0 Å². The maximum absolute atomic E-state index is 11.5. The number of ether oxygens (including phenoxy) is 2. The molecule has 9 nitrogen and oxygen atoms in total. The van der Waals surface area contributed by atoms with E-state index in [1.165, 1.54) is 13.4 Å². The fraction of sp³-hybridized carbons (Fsp3) is 0.188. The minimum atomic E-state index is -0.584. The minimum absolute atomic E-state index is 0.0615. The molecule has 0 bridgehead atoms. The molecule has 0 aliphatic carbocycles. The first-order valence-corrected chi connectivity index (χ1v) is 8.34. The van der Waals surface area contributed by atoms with Crippen molar-refractivity contribution in [1.82, 2.24) is 15.0 Å². The van der Waals surface area contributed by atoms with E-state index in [4.69, 9.17) is 9.47 Å². The molecule has 0 spiro atoms. The summed E-state index contributed by atoms with van der Waals surface area (Å²) < 4.78 is 11.5. The Morgan fingerprint density at radius 3 is 2.88 bits per heavy atom. The number of hydrogen-bond donors (Lipinski definition) is 1. The molecule has 0 unspecified atom stereocenters. The van der Waals surface area contributed by atoms with Crippen LogP contribution in [0.25, 0.3) is 10.9 Å². The highest BCUT2D eigenvalue weighted by Crippen LogP contribution is 2.37. The lowest BCUT2D eigenvalue weighted by Crippen LogP contribution is -2.11. The van der Waals surface area contributed by atoms with Crippen molar-refractivity contribution in [2.24, 2.45) is 0 Å². The molecule has 0 aliphatic heterocycles. The second-order valence-corrected chi connectivity index (χ2v) is 5.95. The molecule has 1 aromatic carbocycles. The van der Waals surface area contributed by atoms with Gasteiger partial charge in [-0.1, -0.05) is 22.0 Å². The van der Waals surface area contributed by atoms with Crippen molar-refractivity contribution in [3.63, 3.8) is 0 Å². The van der Waals surface area contributed by atoms with E-state index in [1.807, 2.05) is 6.07 Å². The van der Waals surface area contributed by atoms with Gasteiger partial charge in [-0.25, -0.2) is 4.98 Å². The summed E-state index contributed by atoms with van der Waals surface area (Å²) in [5, 5.41) is 15.2. The zero-order valence-corrected chi connectivity index (χ0v) is 15.3. The highest BCUT2D eigenvalue weighted by molar-refractivity contribution is 9.10. The third-order valence-corrected chi connectivity index (χ3v) is 4.15. The zero-order valence-electron chi connectivity index (χ0n) is 13.7. The van der Waals surface area contributed by atoms with Gasteiger partial charge < -0.3 is 14.8 Å². The van der Waals surface area contributed by atoms with E-state index < -0.39 is 4.92 Å². The van der Waals surface area contributed by atoms with Crippen LogP contribution >= 0.6 is 15.9 Å². The number of fused-ring (bicyclic) bond motifs is 1. The number of rotatable bonds is 7. The standard InChI is InChI=1S/C16H14BrN5O4/c1-25-8-7-19-15-14(22(23)24)16(21-9-20-15)26-12-5-4-11(17)10-3-2-6-18-13(10)12/h2-6,9H,7-8H2,1H3,(H,19,20,21). The summed E-state index contributed by atoms with van der Waals surface area (Å²) in [6, 6.07) is 7.11. The Morgan fingerprint density at radius 2 is 2.12 bits per heavy atom. The first-order valence-electron chi connectivity index (χ1n) is 7.55. The molecular formula is C16H14BrN5O4. The Kier molecular flexibility index (Phi) is 5.54. The fourth-order valence-electron chi connectivity index (χ4n) is 2.30. The van der Waals surface area contributed by atoms with Crippen molar-refractivity contribution < 1.29 is 14.4 Å². The molecule has 0 radical (unpaired) electrons. The molecule has 1 N–H and O–H groups in total. The maximum Gasteiger partial charge on any atom is 0.373 e. The van der Waals surface area contributed by atoms with Gasteiger partial charge in [-0.2, -0.15) is 4.98 Å². The third kappa shape index (κ3) is 3.70. The smallest absolute Gasteiger partial charge is 0.373 e. The van der Waals surface area contributed by atoms with Crippen LogP contribution in [0.4, 0.5) is 11.5 Å². The SMILES string of the molecule is COCCNc1ncnc(Oc2ccc(Br)c3cccnc23)c1[N+](=O)[O-]. The zero-order chi connectivity index (χ0) is 18.5. The van der Waals surface area contributed by atoms with Gasteiger partial charge in [0.2, 0.25) is 5.82 Å². The van der Waals surface area contributed by atoms with Crippen LogP contribution in [-0.2, 0) is 4.74 Å². The fourth-order valence-corrected chi connectivity index (χ4v) is 2.75. The Morgan fingerprint density at radius 1 is 1.27 bits per heavy atom. The van der Waals surface area contributed by atoms with Gasteiger partial charge in [0.1, 0.15) is 11.8 Å². The molecule has 26 heavy (non-hydrogen) atoms. The summed E-state index contributed by atoms with van der Waals surface area (Å²) in [6.45, 7) is 0.731. The van der Waals surface area contributed by atoms with E-state index in [0.717, 1.165) is 9.86 Å². The molecule has 3 aromatic rings. The molecule has 3 rings (SSSR count). The van der Waals surface area contributed by atoms with Crippen LogP contribution in [0.15, 0.2) is 41.3 Å². The van der Waals surface area contributed by atoms with Crippen LogP contribution in [0, 0.1) is 10.1 Å². The average Bonchev–Trinajstić information content (AvgIpc) is 2.64. The Balaban J connectivity index is 2.01. The van der Waals surface area contributed by atoms with Crippen LogP contribution in [0.1, 0.15) is 0 Å². The van der Waals surface area contributed by atoms with Gasteiger partial charge in [0.05, 0.1) is 11.5 Å². The minimum Gasteiger partial charge on any atom is -0.431 e. The summed E-state index contributed by atoms with van der Waals surface area (Å²) in [4.78, 5) is 23.1. The van der Waals surface area contributed by atoms with Crippen LogP contribution in [-0.4, -0.2) is 40.1 Å². The summed E-state index contributed by atoms with van der Waals surface area (Å²) >= 11 is 3.45. The van der Waals surface area contributed by atoms with Gasteiger partial charge >= 0.3 is 11.6 Å². The van der Waals surface area contributed by atoms with Gasteiger partial charge in [-0.05, 0) is 18.2 Å². The van der Waals surface area contributed by atoms with E-state index in [2.05, 4.69) is 36.2 Å². The Labute approximate surface area is 156 Å². The van der Waals surface area contributed by atoms with Crippen molar-refractivity contribution in [3.8, 4) is 11.6 Å². The van der Waals surface area contributed by atoms with Gasteiger partial charge in [0.15, 0.2) is 5.75 Å². The summed E-state index contributed by atoms with van der Waals surface area (Å²) in [5.41, 5.74) is 0.208. The molecule has 0 fully saturated rings. The monoisotopic (exact) mass is 419 g/mol. The van der Waals surface area contributed by atoms with Crippen LogP contribution in [0.2, 0.25) is 0 Å². The number of anilines is 1. The summed E-state index contributed by atoms with van der Waals surface area (Å²) in [6.07, 6.45) is 2.82. The summed E-state index contributed by atoms with van der Waals surface area (Å²) in [5.74, 6) is 0.249. The molecule has 0 saturated heterocycles. The third-order valence-electron chi connectivity index (χ3n) is 3.46. The Bertz CT molecular complexity index is 953. The molecule has 0 saturated carbocycles. The first-order chi connectivity index (χ1) is 12.6. The van der Waals surface area contributed by atoms with Gasteiger partial charge in [-0.15, -0.1) is 0 Å². The van der Waals surface area contributed by atoms with E-state index in [-0.39, 0.29) is 17.4 Å². The number of pyridine rings is 1. The van der Waals surface area contributed by atoms with Crippen LogP contribution in [0.5, 0.6) is 11.6 Å². The van der Waals surface area contributed by atoms with Crippen molar-refractivity contribution in [2.75, 3.05) is 25.6 Å². The molecule has 10 heteroatoms. The number of nitrogens with one attached hydrogen (secondary N) is 1. The molecule has 0 atom stereocenters.